The smallest absolute Gasteiger partial charge is 0.212 e. The summed E-state index contributed by atoms with van der Waals surface area (Å²) in [4.78, 5) is 5.72. The van der Waals surface area contributed by atoms with E-state index in [0.717, 1.165) is 21.5 Å². The van der Waals surface area contributed by atoms with Gasteiger partial charge in [-0.15, -0.1) is 11.8 Å². The predicted octanol–water partition coefficient (Wildman–Crippen LogP) is 5.97. The normalized spacial score (nSPS) is 12.1. The van der Waals surface area contributed by atoms with E-state index < -0.39 is 16.8 Å². The topological polar surface area (TPSA) is 63.5 Å². The highest BCUT2D eigenvalue weighted by atomic mass is 32.2. The van der Waals surface area contributed by atoms with E-state index in [0.29, 0.717) is 17.0 Å². The van der Waals surface area contributed by atoms with Gasteiger partial charge in [0.15, 0.2) is 11.0 Å². The Bertz CT molecular complexity index is 1160. The van der Waals surface area contributed by atoms with Crippen molar-refractivity contribution in [2.45, 2.75) is 15.7 Å². The Morgan fingerprint density at radius 3 is 2.77 bits per heavy atom. The Morgan fingerprint density at radius 1 is 1.07 bits per heavy atom. The molecule has 154 valence electrons. The first kappa shape index (κ1) is 20.5. The SMILES string of the molecule is CONc1cccc(CSc2ccc(F)cc2NS(=O)c2cc3ccccc3o2)c1. The fraction of sp³-hybridized carbons (Fsp3) is 0.0909. The van der Waals surface area contributed by atoms with Crippen LogP contribution in [0.2, 0.25) is 0 Å². The Morgan fingerprint density at radius 2 is 1.93 bits per heavy atom. The van der Waals surface area contributed by atoms with E-state index in [1.54, 1.807) is 19.2 Å². The average Bonchev–Trinajstić information content (AvgIpc) is 3.18. The van der Waals surface area contributed by atoms with Gasteiger partial charge in [-0.3, -0.25) is 15.0 Å². The molecule has 1 heterocycles. The summed E-state index contributed by atoms with van der Waals surface area (Å²) < 4.78 is 35.2. The molecule has 0 aliphatic rings. The molecule has 2 N–H and O–H groups in total. The van der Waals surface area contributed by atoms with Crippen molar-refractivity contribution in [3.8, 4) is 0 Å². The zero-order valence-electron chi connectivity index (χ0n) is 16.1. The van der Waals surface area contributed by atoms with Crippen LogP contribution in [-0.4, -0.2) is 11.3 Å². The number of nitrogens with one attached hydrogen (secondary N) is 2. The fourth-order valence-electron chi connectivity index (χ4n) is 2.91. The minimum absolute atomic E-state index is 0.287. The molecule has 0 fully saturated rings. The maximum absolute atomic E-state index is 13.9. The molecule has 0 aliphatic heterocycles. The quantitative estimate of drug-likeness (QED) is 0.260. The number of anilines is 2. The zero-order chi connectivity index (χ0) is 20.9. The number of thioether (sulfide) groups is 1. The lowest BCUT2D eigenvalue weighted by molar-refractivity contribution is 0.271. The van der Waals surface area contributed by atoms with E-state index in [1.165, 1.54) is 23.9 Å². The summed E-state index contributed by atoms with van der Waals surface area (Å²) >= 11 is 1.52. The van der Waals surface area contributed by atoms with Crippen molar-refractivity contribution in [3.05, 3.63) is 84.2 Å². The second kappa shape index (κ2) is 9.34. The van der Waals surface area contributed by atoms with E-state index in [4.69, 9.17) is 9.25 Å². The molecular weight excluding hydrogens is 423 g/mol. The van der Waals surface area contributed by atoms with Crippen LogP contribution in [0.15, 0.2) is 87.2 Å². The molecule has 0 amide bonds. The molecule has 0 saturated carbocycles. The summed E-state index contributed by atoms with van der Waals surface area (Å²) in [6.45, 7) is 0. The zero-order valence-corrected chi connectivity index (χ0v) is 17.7. The molecule has 30 heavy (non-hydrogen) atoms. The Labute approximate surface area is 180 Å². The summed E-state index contributed by atoms with van der Waals surface area (Å²) in [6, 6.07) is 21.4. The minimum atomic E-state index is -1.66. The lowest BCUT2D eigenvalue weighted by Gasteiger charge is -2.11. The second-order valence-electron chi connectivity index (χ2n) is 6.41. The van der Waals surface area contributed by atoms with Crippen LogP contribution in [-0.2, 0) is 21.6 Å². The van der Waals surface area contributed by atoms with Crippen molar-refractivity contribution in [1.82, 2.24) is 0 Å². The third-order valence-corrected chi connectivity index (χ3v) is 6.39. The van der Waals surface area contributed by atoms with Crippen LogP contribution < -0.4 is 10.2 Å². The van der Waals surface area contributed by atoms with Gasteiger partial charge in [-0.2, -0.15) is 0 Å². The van der Waals surface area contributed by atoms with Crippen molar-refractivity contribution in [2.24, 2.45) is 0 Å². The largest absolute Gasteiger partial charge is 0.445 e. The van der Waals surface area contributed by atoms with Gasteiger partial charge in [0, 0.05) is 22.1 Å². The number of furan rings is 1. The van der Waals surface area contributed by atoms with Crippen molar-refractivity contribution in [1.29, 1.82) is 0 Å². The van der Waals surface area contributed by atoms with Gasteiger partial charge >= 0.3 is 0 Å². The molecule has 4 rings (SSSR count). The third kappa shape index (κ3) is 4.84. The molecule has 0 aliphatic carbocycles. The van der Waals surface area contributed by atoms with Gasteiger partial charge < -0.3 is 4.42 Å². The van der Waals surface area contributed by atoms with Crippen molar-refractivity contribution in [2.75, 3.05) is 17.3 Å². The van der Waals surface area contributed by atoms with Crippen LogP contribution >= 0.6 is 11.8 Å². The summed E-state index contributed by atoms with van der Waals surface area (Å²) in [6.07, 6.45) is 0. The van der Waals surface area contributed by atoms with E-state index in [2.05, 4.69) is 10.2 Å². The van der Waals surface area contributed by atoms with Crippen LogP contribution in [0.1, 0.15) is 5.56 Å². The molecule has 8 heteroatoms. The van der Waals surface area contributed by atoms with Crippen LogP contribution in [0.25, 0.3) is 11.0 Å². The van der Waals surface area contributed by atoms with Crippen LogP contribution in [0.4, 0.5) is 15.8 Å². The highest BCUT2D eigenvalue weighted by molar-refractivity contribution is 7.98. The molecule has 0 saturated heterocycles. The van der Waals surface area contributed by atoms with E-state index in [9.17, 15) is 8.60 Å². The number of hydrogen-bond acceptors (Lipinski definition) is 5. The van der Waals surface area contributed by atoms with Gasteiger partial charge in [0.2, 0.25) is 5.09 Å². The number of hydrogen-bond donors (Lipinski definition) is 2. The van der Waals surface area contributed by atoms with Gasteiger partial charge in [0.1, 0.15) is 11.4 Å². The van der Waals surface area contributed by atoms with Crippen LogP contribution in [0, 0.1) is 5.82 Å². The lowest BCUT2D eigenvalue weighted by Crippen LogP contribution is -2.05. The average molecular weight is 443 g/mol. The molecule has 4 aromatic rings. The summed E-state index contributed by atoms with van der Waals surface area (Å²) in [5.41, 5.74) is 5.81. The molecule has 0 spiro atoms. The number of fused-ring (bicyclic) bond motifs is 1. The highest BCUT2D eigenvalue weighted by Gasteiger charge is 2.14. The van der Waals surface area contributed by atoms with Crippen LogP contribution in [0.3, 0.4) is 0 Å². The molecule has 1 unspecified atom stereocenters. The van der Waals surface area contributed by atoms with Crippen molar-refractivity contribution < 1.29 is 17.9 Å². The Hall–Kier alpha value is -2.81. The fourth-order valence-corrected chi connectivity index (χ4v) is 4.78. The molecular formula is C22H19FN2O3S2. The molecule has 1 atom stereocenters. The molecule has 0 bridgehead atoms. The van der Waals surface area contributed by atoms with Crippen molar-refractivity contribution >= 4 is 45.1 Å². The summed E-state index contributed by atoms with van der Waals surface area (Å²) in [5, 5.41) is 1.15. The van der Waals surface area contributed by atoms with Gasteiger partial charge in [0.25, 0.3) is 0 Å². The number of halogens is 1. The monoisotopic (exact) mass is 442 g/mol. The van der Waals surface area contributed by atoms with E-state index in [1.807, 2.05) is 48.5 Å². The molecule has 5 nitrogen and oxygen atoms in total. The third-order valence-electron chi connectivity index (χ3n) is 4.27. The van der Waals surface area contributed by atoms with Gasteiger partial charge in [-0.05, 0) is 42.0 Å². The van der Waals surface area contributed by atoms with Gasteiger partial charge in [0.05, 0.1) is 18.5 Å². The first-order valence-corrected chi connectivity index (χ1v) is 11.2. The first-order chi connectivity index (χ1) is 14.6. The highest BCUT2D eigenvalue weighted by Crippen LogP contribution is 2.32. The molecule has 1 aromatic heterocycles. The standard InChI is InChI=1S/C22H19FN2O3S2/c1-27-24-18-7-4-5-15(11-18)14-29-21-10-9-17(23)13-19(21)25-30(26)22-12-16-6-2-3-8-20(16)28-22/h2-13,24-25H,14H2,1H3. The molecule has 3 aromatic carbocycles. The second-order valence-corrected chi connectivity index (χ2v) is 8.57. The van der Waals surface area contributed by atoms with E-state index in [-0.39, 0.29) is 5.09 Å². The lowest BCUT2D eigenvalue weighted by atomic mass is 10.2. The number of para-hydroxylation sites is 1. The summed E-state index contributed by atoms with van der Waals surface area (Å²) in [5.74, 6) is 0.242. The maximum atomic E-state index is 13.9. The number of rotatable bonds is 8. The minimum Gasteiger partial charge on any atom is -0.445 e. The maximum Gasteiger partial charge on any atom is 0.212 e. The first-order valence-electron chi connectivity index (χ1n) is 9.09. The van der Waals surface area contributed by atoms with Crippen molar-refractivity contribution in [3.63, 3.8) is 0 Å². The number of benzene rings is 3. The Balaban J connectivity index is 1.51. The van der Waals surface area contributed by atoms with Gasteiger partial charge in [-0.1, -0.05) is 30.3 Å². The predicted molar refractivity (Wildman–Crippen MR) is 119 cm³/mol. The van der Waals surface area contributed by atoms with Gasteiger partial charge in [-0.25, -0.2) is 8.60 Å². The van der Waals surface area contributed by atoms with Crippen LogP contribution in [0.5, 0.6) is 0 Å². The molecule has 0 radical (unpaired) electrons. The summed E-state index contributed by atoms with van der Waals surface area (Å²) in [7, 11) is -0.108. The van der Waals surface area contributed by atoms with E-state index >= 15 is 0 Å². The Kier molecular flexibility index (Phi) is 6.37.